The second kappa shape index (κ2) is 7.22. The van der Waals surface area contributed by atoms with Gasteiger partial charge in [-0.1, -0.05) is 41.4 Å². The average Bonchev–Trinajstić information content (AvgIpc) is 3.06. The molecule has 6 heteroatoms. The molecular weight excluding hydrogens is 385 g/mol. The normalized spacial score (nSPS) is 15.4. The van der Waals surface area contributed by atoms with Gasteiger partial charge < -0.3 is 9.84 Å². The zero-order chi connectivity index (χ0) is 19.0. The molecule has 0 radical (unpaired) electrons. The molecule has 0 spiro atoms. The molecule has 136 valence electrons. The number of hydrogen-bond donors (Lipinski definition) is 1. The minimum atomic E-state index is -0.961. The Hall–Kier alpha value is -2.56. The first-order chi connectivity index (χ1) is 13.0. The van der Waals surface area contributed by atoms with E-state index < -0.39 is 5.97 Å². The monoisotopic (exact) mass is 399 g/mol. The molecule has 3 aromatic rings. The number of fused-ring (bicyclic) bond motifs is 1. The molecule has 4 nitrogen and oxygen atoms in total. The van der Waals surface area contributed by atoms with Crippen LogP contribution in [0, 0.1) is 0 Å². The Labute approximate surface area is 166 Å². The molecule has 1 heterocycles. The van der Waals surface area contributed by atoms with Gasteiger partial charge in [0.1, 0.15) is 11.9 Å². The number of ether oxygens (including phenoxy) is 1. The predicted octanol–water partition coefficient (Wildman–Crippen LogP) is 5.82. The highest BCUT2D eigenvalue weighted by Crippen LogP contribution is 2.38. The highest BCUT2D eigenvalue weighted by Gasteiger charge is 2.27. The first-order valence-corrected chi connectivity index (χ1v) is 9.22. The molecule has 0 saturated carbocycles. The van der Waals surface area contributed by atoms with Gasteiger partial charge in [0.25, 0.3) is 0 Å². The average molecular weight is 400 g/mol. The Kier molecular flexibility index (Phi) is 4.77. The molecule has 1 N–H and O–H groups in total. The van der Waals surface area contributed by atoms with Crippen LogP contribution in [0.5, 0.6) is 5.75 Å². The van der Waals surface area contributed by atoms with Crippen LogP contribution in [0.3, 0.4) is 0 Å². The highest BCUT2D eigenvalue weighted by molar-refractivity contribution is 6.35. The number of aromatic nitrogens is 1. The summed E-state index contributed by atoms with van der Waals surface area (Å²) < 4.78 is 6.09. The van der Waals surface area contributed by atoms with Crippen molar-refractivity contribution < 1.29 is 14.6 Å². The topological polar surface area (TPSA) is 59.4 Å². The Morgan fingerprint density at radius 2 is 1.96 bits per heavy atom. The van der Waals surface area contributed by atoms with Crippen molar-refractivity contribution in [3.05, 3.63) is 81.5 Å². The van der Waals surface area contributed by atoms with Gasteiger partial charge in [0.15, 0.2) is 0 Å². The van der Waals surface area contributed by atoms with Crippen molar-refractivity contribution in [2.45, 2.75) is 18.9 Å². The van der Waals surface area contributed by atoms with Crippen molar-refractivity contribution in [1.82, 2.24) is 4.98 Å². The van der Waals surface area contributed by atoms with E-state index in [9.17, 15) is 9.90 Å². The molecule has 1 atom stereocenters. The van der Waals surface area contributed by atoms with Gasteiger partial charge in [0, 0.05) is 10.6 Å². The summed E-state index contributed by atoms with van der Waals surface area (Å²) in [6.45, 7) is 0. The van der Waals surface area contributed by atoms with Gasteiger partial charge in [0.05, 0.1) is 22.0 Å². The van der Waals surface area contributed by atoms with Crippen LogP contribution in [0.15, 0.2) is 54.6 Å². The van der Waals surface area contributed by atoms with Crippen LogP contribution in [0.4, 0.5) is 0 Å². The number of halogens is 2. The lowest BCUT2D eigenvalue weighted by Gasteiger charge is -2.16. The second-order valence-corrected chi connectivity index (χ2v) is 7.19. The smallest absolute Gasteiger partial charge is 0.335 e. The molecule has 0 amide bonds. The number of nitrogens with zero attached hydrogens (tertiary/aromatic N) is 1. The van der Waals surface area contributed by atoms with E-state index >= 15 is 0 Å². The first-order valence-electron chi connectivity index (χ1n) is 8.46. The first kappa shape index (κ1) is 17.8. The summed E-state index contributed by atoms with van der Waals surface area (Å²) >= 11 is 12.2. The number of aromatic carboxylic acids is 1. The molecule has 27 heavy (non-hydrogen) atoms. The third-order valence-corrected chi connectivity index (χ3v) is 5.09. The number of hydrogen-bond acceptors (Lipinski definition) is 3. The number of benzene rings is 2. The zero-order valence-corrected chi connectivity index (χ0v) is 15.7. The molecule has 1 unspecified atom stereocenters. The third kappa shape index (κ3) is 3.64. The quantitative estimate of drug-likeness (QED) is 0.600. The number of carboxylic acid groups (broad SMARTS) is 1. The second-order valence-electron chi connectivity index (χ2n) is 6.35. The maximum atomic E-state index is 11.2. The van der Waals surface area contributed by atoms with Gasteiger partial charge >= 0.3 is 5.97 Å². The molecule has 1 aliphatic carbocycles. The van der Waals surface area contributed by atoms with E-state index in [-0.39, 0.29) is 11.7 Å². The number of carbonyl (C=O) groups is 1. The fourth-order valence-electron chi connectivity index (χ4n) is 3.23. The Morgan fingerprint density at radius 3 is 2.74 bits per heavy atom. The molecule has 0 saturated heterocycles. The molecule has 4 rings (SSSR count). The van der Waals surface area contributed by atoms with Gasteiger partial charge in [-0.15, -0.1) is 0 Å². The van der Waals surface area contributed by atoms with Crippen molar-refractivity contribution in [2.75, 3.05) is 0 Å². The van der Waals surface area contributed by atoms with Crippen LogP contribution in [0.25, 0.3) is 11.3 Å². The minimum Gasteiger partial charge on any atom is -0.483 e. The van der Waals surface area contributed by atoms with E-state index in [0.29, 0.717) is 15.8 Å². The van der Waals surface area contributed by atoms with Gasteiger partial charge in [0.2, 0.25) is 0 Å². The fraction of sp³-hybridized carbons (Fsp3) is 0.143. The lowest BCUT2D eigenvalue weighted by Crippen LogP contribution is -2.06. The predicted molar refractivity (Wildman–Crippen MR) is 105 cm³/mol. The maximum absolute atomic E-state index is 11.2. The van der Waals surface area contributed by atoms with Gasteiger partial charge in [-0.25, -0.2) is 9.78 Å². The third-order valence-electron chi connectivity index (χ3n) is 4.56. The highest BCUT2D eigenvalue weighted by atomic mass is 35.5. The molecule has 1 aromatic heterocycles. The number of pyridine rings is 1. The number of rotatable bonds is 4. The maximum Gasteiger partial charge on any atom is 0.335 e. The van der Waals surface area contributed by atoms with Gasteiger partial charge in [-0.3, -0.25) is 0 Å². The van der Waals surface area contributed by atoms with Crippen molar-refractivity contribution in [2.24, 2.45) is 0 Å². The van der Waals surface area contributed by atoms with E-state index in [0.717, 1.165) is 35.4 Å². The summed E-state index contributed by atoms with van der Waals surface area (Å²) in [5, 5.41) is 10.2. The molecule has 0 fully saturated rings. The Morgan fingerprint density at radius 1 is 1.11 bits per heavy atom. The van der Waals surface area contributed by atoms with Crippen LogP contribution < -0.4 is 4.74 Å². The van der Waals surface area contributed by atoms with Crippen LogP contribution in [0.2, 0.25) is 10.0 Å². The number of carboxylic acids is 1. The molecule has 0 bridgehead atoms. The molecule has 2 aromatic carbocycles. The largest absolute Gasteiger partial charge is 0.483 e. The van der Waals surface area contributed by atoms with E-state index in [1.165, 1.54) is 0 Å². The molecular formula is C21H15Cl2NO3. The lowest BCUT2D eigenvalue weighted by atomic mass is 10.1. The van der Waals surface area contributed by atoms with E-state index in [1.54, 1.807) is 36.4 Å². The molecule has 0 aliphatic heterocycles. The van der Waals surface area contributed by atoms with E-state index in [2.05, 4.69) is 0 Å². The summed E-state index contributed by atoms with van der Waals surface area (Å²) in [6, 6.07) is 15.8. The van der Waals surface area contributed by atoms with Crippen molar-refractivity contribution in [3.8, 4) is 17.0 Å². The van der Waals surface area contributed by atoms with Crippen LogP contribution >= 0.6 is 23.2 Å². The van der Waals surface area contributed by atoms with Crippen molar-refractivity contribution >= 4 is 29.2 Å². The summed E-state index contributed by atoms with van der Waals surface area (Å²) in [6.07, 6.45) is 1.47. The van der Waals surface area contributed by atoms with E-state index in [1.807, 2.05) is 18.2 Å². The summed E-state index contributed by atoms with van der Waals surface area (Å²) in [7, 11) is 0. The summed E-state index contributed by atoms with van der Waals surface area (Å²) in [5.74, 6) is -0.393. The van der Waals surface area contributed by atoms with Crippen molar-refractivity contribution in [3.63, 3.8) is 0 Å². The zero-order valence-electron chi connectivity index (χ0n) is 14.2. The van der Waals surface area contributed by atoms with Crippen LogP contribution in [-0.2, 0) is 6.42 Å². The Balaban J connectivity index is 1.66. The van der Waals surface area contributed by atoms with Crippen LogP contribution in [-0.4, -0.2) is 16.1 Å². The lowest BCUT2D eigenvalue weighted by molar-refractivity contribution is 0.0697. The number of aryl methyl sites for hydroxylation is 1. The van der Waals surface area contributed by atoms with Gasteiger partial charge in [-0.2, -0.15) is 0 Å². The fourth-order valence-corrected chi connectivity index (χ4v) is 3.68. The van der Waals surface area contributed by atoms with Crippen LogP contribution in [0.1, 0.15) is 34.1 Å². The standard InChI is InChI=1S/C21H15Cl2NO3/c22-15-6-9-18(16(23)11-15)27-19-8-5-12-4-7-17(24-20(12)19)13-2-1-3-14(10-13)21(25)26/h1-4,6-7,9-11,19H,5,8H2,(H,25,26). The van der Waals surface area contributed by atoms with Gasteiger partial charge in [-0.05, 0) is 54.8 Å². The minimum absolute atomic E-state index is 0.207. The summed E-state index contributed by atoms with van der Waals surface area (Å²) in [4.78, 5) is 16.0. The SMILES string of the molecule is O=C(O)c1cccc(-c2ccc3c(n2)C(Oc2ccc(Cl)cc2Cl)CC3)c1. The van der Waals surface area contributed by atoms with E-state index in [4.69, 9.17) is 32.9 Å². The Bertz CT molecular complexity index is 1040. The summed E-state index contributed by atoms with van der Waals surface area (Å²) in [5.41, 5.74) is 3.69. The van der Waals surface area contributed by atoms with Crippen molar-refractivity contribution in [1.29, 1.82) is 0 Å². The molecule has 1 aliphatic rings.